The molecule has 1 amide bonds. The molecule has 0 unspecified atom stereocenters. The summed E-state index contributed by atoms with van der Waals surface area (Å²) in [6.07, 6.45) is 9.20. The molecule has 5 heteroatoms. The SMILES string of the molecule is Cc1c(/C=C/C(=O)N(C)C2CCC(CO)CC2)cnn1C. The van der Waals surface area contributed by atoms with E-state index in [1.54, 1.807) is 17.0 Å². The monoisotopic (exact) mass is 291 g/mol. The summed E-state index contributed by atoms with van der Waals surface area (Å²) in [5.74, 6) is 0.448. The molecule has 2 rings (SSSR count). The third-order valence-corrected chi connectivity index (χ3v) is 4.65. The van der Waals surface area contributed by atoms with Gasteiger partial charge in [0.05, 0.1) is 6.20 Å². The van der Waals surface area contributed by atoms with Gasteiger partial charge in [0.2, 0.25) is 5.91 Å². The molecule has 0 aromatic carbocycles. The predicted molar refractivity (Wildman–Crippen MR) is 82.6 cm³/mol. The normalized spacial score (nSPS) is 22.7. The lowest BCUT2D eigenvalue weighted by Crippen LogP contribution is -2.39. The highest BCUT2D eigenvalue weighted by molar-refractivity contribution is 5.91. The van der Waals surface area contributed by atoms with E-state index in [9.17, 15) is 4.79 Å². The van der Waals surface area contributed by atoms with Crippen molar-refractivity contribution < 1.29 is 9.90 Å². The van der Waals surface area contributed by atoms with Crippen LogP contribution in [0.1, 0.15) is 36.9 Å². The lowest BCUT2D eigenvalue weighted by atomic mass is 9.86. The van der Waals surface area contributed by atoms with Crippen LogP contribution in [0.5, 0.6) is 0 Å². The van der Waals surface area contributed by atoms with Gasteiger partial charge < -0.3 is 10.0 Å². The van der Waals surface area contributed by atoms with Gasteiger partial charge in [-0.2, -0.15) is 5.10 Å². The Labute approximate surface area is 126 Å². The average Bonchev–Trinajstić information content (AvgIpc) is 2.83. The fourth-order valence-electron chi connectivity index (χ4n) is 2.85. The Morgan fingerprint density at radius 2 is 2.14 bits per heavy atom. The van der Waals surface area contributed by atoms with E-state index in [4.69, 9.17) is 5.11 Å². The third kappa shape index (κ3) is 3.73. The van der Waals surface area contributed by atoms with Gasteiger partial charge in [0.15, 0.2) is 0 Å². The lowest BCUT2D eigenvalue weighted by Gasteiger charge is -2.33. The molecule has 0 atom stereocenters. The Morgan fingerprint density at radius 3 is 2.67 bits per heavy atom. The number of carbonyl (C=O) groups is 1. The van der Waals surface area contributed by atoms with Gasteiger partial charge in [0, 0.05) is 44.1 Å². The smallest absolute Gasteiger partial charge is 0.246 e. The van der Waals surface area contributed by atoms with Crippen molar-refractivity contribution in [1.29, 1.82) is 0 Å². The number of nitrogens with zero attached hydrogens (tertiary/aromatic N) is 3. The molecule has 1 heterocycles. The van der Waals surface area contributed by atoms with Crippen LogP contribution < -0.4 is 0 Å². The van der Waals surface area contributed by atoms with Crippen molar-refractivity contribution in [2.45, 2.75) is 38.6 Å². The second-order valence-electron chi connectivity index (χ2n) is 5.95. The van der Waals surface area contributed by atoms with Gasteiger partial charge in [-0.3, -0.25) is 9.48 Å². The molecule has 0 saturated heterocycles. The first kappa shape index (κ1) is 15.8. The van der Waals surface area contributed by atoms with Gasteiger partial charge in [0.1, 0.15) is 0 Å². The van der Waals surface area contributed by atoms with Crippen molar-refractivity contribution in [3.63, 3.8) is 0 Å². The summed E-state index contributed by atoms with van der Waals surface area (Å²) in [5.41, 5.74) is 2.02. The zero-order valence-electron chi connectivity index (χ0n) is 13.1. The molecule has 0 aliphatic heterocycles. The van der Waals surface area contributed by atoms with Gasteiger partial charge >= 0.3 is 0 Å². The van der Waals surface area contributed by atoms with Crippen LogP contribution in [0.4, 0.5) is 0 Å². The van der Waals surface area contributed by atoms with E-state index in [0.29, 0.717) is 12.0 Å². The maximum Gasteiger partial charge on any atom is 0.246 e. The summed E-state index contributed by atoms with van der Waals surface area (Å²) in [4.78, 5) is 14.1. The van der Waals surface area contributed by atoms with Gasteiger partial charge in [-0.05, 0) is 44.6 Å². The Balaban J connectivity index is 1.92. The average molecular weight is 291 g/mol. The quantitative estimate of drug-likeness (QED) is 0.860. The maximum atomic E-state index is 12.2. The first-order chi connectivity index (χ1) is 10.0. The number of aliphatic hydroxyl groups excluding tert-OH is 1. The number of carbonyl (C=O) groups excluding carboxylic acids is 1. The summed E-state index contributed by atoms with van der Waals surface area (Å²) >= 11 is 0. The Kier molecular flexibility index (Phi) is 5.17. The zero-order chi connectivity index (χ0) is 15.4. The van der Waals surface area contributed by atoms with E-state index >= 15 is 0 Å². The predicted octanol–water partition coefficient (Wildman–Crippen LogP) is 1.75. The first-order valence-corrected chi connectivity index (χ1v) is 7.57. The van der Waals surface area contributed by atoms with Crippen LogP contribution in [-0.2, 0) is 11.8 Å². The molecule has 1 aromatic heterocycles. The highest BCUT2D eigenvalue weighted by Gasteiger charge is 2.25. The van der Waals surface area contributed by atoms with Crippen LogP contribution in [0, 0.1) is 12.8 Å². The summed E-state index contributed by atoms with van der Waals surface area (Å²) in [5, 5.41) is 13.3. The van der Waals surface area contributed by atoms with Gasteiger partial charge in [-0.15, -0.1) is 0 Å². The van der Waals surface area contributed by atoms with E-state index in [2.05, 4.69) is 5.10 Å². The van der Waals surface area contributed by atoms with E-state index in [-0.39, 0.29) is 12.5 Å². The van der Waals surface area contributed by atoms with Crippen LogP contribution in [0.2, 0.25) is 0 Å². The lowest BCUT2D eigenvalue weighted by molar-refractivity contribution is -0.127. The fourth-order valence-corrected chi connectivity index (χ4v) is 2.85. The minimum atomic E-state index is 0.0331. The van der Waals surface area contributed by atoms with Crippen molar-refractivity contribution in [1.82, 2.24) is 14.7 Å². The van der Waals surface area contributed by atoms with E-state index in [1.165, 1.54) is 0 Å². The molecule has 1 fully saturated rings. The highest BCUT2D eigenvalue weighted by Crippen LogP contribution is 2.26. The number of likely N-dealkylation sites (N-methyl/N-ethyl adjacent to an activating group) is 1. The van der Waals surface area contributed by atoms with Crippen LogP contribution in [0.15, 0.2) is 12.3 Å². The van der Waals surface area contributed by atoms with E-state index in [1.807, 2.05) is 32.0 Å². The number of amides is 1. The van der Waals surface area contributed by atoms with E-state index < -0.39 is 0 Å². The molecule has 21 heavy (non-hydrogen) atoms. The largest absolute Gasteiger partial charge is 0.396 e. The van der Waals surface area contributed by atoms with Crippen LogP contribution in [0.25, 0.3) is 6.08 Å². The molecule has 0 bridgehead atoms. The summed E-state index contributed by atoms with van der Waals surface area (Å²) < 4.78 is 1.80. The number of aromatic nitrogens is 2. The zero-order valence-corrected chi connectivity index (χ0v) is 13.1. The Morgan fingerprint density at radius 1 is 1.48 bits per heavy atom. The van der Waals surface area contributed by atoms with Crippen molar-refractivity contribution in [3.8, 4) is 0 Å². The number of rotatable bonds is 4. The standard InChI is InChI=1S/C16H25N3O2/c1-12-14(10-17-19(12)3)6-9-16(21)18(2)15-7-4-13(11-20)5-8-15/h6,9-10,13,15,20H,4-5,7-8,11H2,1-3H3/b9-6+. The van der Waals surface area contributed by atoms with Crippen molar-refractivity contribution in [2.75, 3.05) is 13.7 Å². The molecule has 1 saturated carbocycles. The molecule has 1 aromatic rings. The molecule has 5 nitrogen and oxygen atoms in total. The van der Waals surface area contributed by atoms with Gasteiger partial charge in [0.25, 0.3) is 0 Å². The molecule has 1 aliphatic carbocycles. The van der Waals surface area contributed by atoms with Crippen molar-refractivity contribution >= 4 is 12.0 Å². The molecular weight excluding hydrogens is 266 g/mol. The number of aliphatic hydroxyl groups is 1. The minimum absolute atomic E-state index is 0.0331. The summed E-state index contributed by atoms with van der Waals surface area (Å²) in [6.45, 7) is 2.25. The van der Waals surface area contributed by atoms with Crippen LogP contribution >= 0.6 is 0 Å². The second-order valence-corrected chi connectivity index (χ2v) is 5.95. The maximum absolute atomic E-state index is 12.2. The van der Waals surface area contributed by atoms with Gasteiger partial charge in [-0.1, -0.05) is 0 Å². The Bertz CT molecular complexity index is 514. The molecule has 1 N–H and O–H groups in total. The van der Waals surface area contributed by atoms with Crippen molar-refractivity contribution in [2.24, 2.45) is 13.0 Å². The number of hydrogen-bond acceptors (Lipinski definition) is 3. The Hall–Kier alpha value is -1.62. The van der Waals surface area contributed by atoms with Crippen molar-refractivity contribution in [3.05, 3.63) is 23.5 Å². The van der Waals surface area contributed by atoms with Crippen LogP contribution in [0.3, 0.4) is 0 Å². The molecule has 1 aliphatic rings. The number of hydrogen-bond donors (Lipinski definition) is 1. The first-order valence-electron chi connectivity index (χ1n) is 7.57. The van der Waals surface area contributed by atoms with Gasteiger partial charge in [-0.25, -0.2) is 0 Å². The molecule has 0 spiro atoms. The molecule has 116 valence electrons. The second kappa shape index (κ2) is 6.89. The number of aryl methyl sites for hydroxylation is 1. The molecular formula is C16H25N3O2. The van der Waals surface area contributed by atoms with E-state index in [0.717, 1.165) is 36.9 Å². The fraction of sp³-hybridized carbons (Fsp3) is 0.625. The third-order valence-electron chi connectivity index (χ3n) is 4.65. The summed E-state index contributed by atoms with van der Waals surface area (Å²) in [6, 6.07) is 0.292. The highest BCUT2D eigenvalue weighted by atomic mass is 16.3. The minimum Gasteiger partial charge on any atom is -0.396 e. The topological polar surface area (TPSA) is 58.4 Å². The van der Waals surface area contributed by atoms with Crippen LogP contribution in [-0.4, -0.2) is 45.4 Å². The summed E-state index contributed by atoms with van der Waals surface area (Å²) in [7, 11) is 3.76. The molecule has 0 radical (unpaired) electrons.